The predicted molar refractivity (Wildman–Crippen MR) is 120 cm³/mol. The van der Waals surface area contributed by atoms with Gasteiger partial charge in [-0.2, -0.15) is 21.9 Å². The van der Waals surface area contributed by atoms with Crippen LogP contribution in [0.4, 0.5) is 17.1 Å². The van der Waals surface area contributed by atoms with E-state index in [-0.39, 0.29) is 27.0 Å². The summed E-state index contributed by atoms with van der Waals surface area (Å²) in [5, 5.41) is 18.4. The van der Waals surface area contributed by atoms with E-state index in [1.165, 1.54) is 18.2 Å². The van der Waals surface area contributed by atoms with Gasteiger partial charge in [-0.15, -0.1) is 5.11 Å². The summed E-state index contributed by atoms with van der Waals surface area (Å²) >= 11 is 0. The van der Waals surface area contributed by atoms with Gasteiger partial charge in [0.25, 0.3) is 10.1 Å². The van der Waals surface area contributed by atoms with E-state index in [0.29, 0.717) is 0 Å². The van der Waals surface area contributed by atoms with Crippen LogP contribution in [0.3, 0.4) is 0 Å². The molecular formula is C18H17N3O10S3. The zero-order valence-electron chi connectivity index (χ0n) is 17.1. The molecule has 0 spiro atoms. The minimum absolute atomic E-state index is 0.0143. The number of rotatable bonds is 7. The zero-order chi connectivity index (χ0) is 25.5. The number of fused-ring (bicyclic) bond motifs is 1. The molecule has 3 aromatic carbocycles. The third kappa shape index (κ3) is 5.49. The first kappa shape index (κ1) is 25.5. The molecule has 0 bridgehead atoms. The number of aromatic hydroxyl groups is 1. The van der Waals surface area contributed by atoms with E-state index < -0.39 is 52.1 Å². The van der Waals surface area contributed by atoms with Crippen molar-refractivity contribution < 1.29 is 43.6 Å². The number of azo groups is 1. The van der Waals surface area contributed by atoms with Gasteiger partial charge in [-0.1, -0.05) is 0 Å². The molecule has 3 aromatic rings. The van der Waals surface area contributed by atoms with Gasteiger partial charge in [0, 0.05) is 11.1 Å². The molecule has 0 amide bonds. The number of nitrogens with two attached hydrogens (primary N) is 1. The molecular weight excluding hydrogens is 514 g/mol. The summed E-state index contributed by atoms with van der Waals surface area (Å²) < 4.78 is 92.2. The Balaban J connectivity index is 2.01. The maximum absolute atomic E-state index is 12.4. The first-order valence-corrected chi connectivity index (χ1v) is 13.4. The number of nitrogen functional groups attached to an aromatic ring is 1. The zero-order valence-corrected chi connectivity index (χ0v) is 19.5. The van der Waals surface area contributed by atoms with Gasteiger partial charge >= 0.3 is 10.4 Å². The first-order chi connectivity index (χ1) is 15.6. The number of nitrogens with zero attached hydrogens (tertiary/aromatic N) is 2. The highest BCUT2D eigenvalue weighted by Gasteiger charge is 2.28. The van der Waals surface area contributed by atoms with E-state index in [4.69, 9.17) is 10.3 Å². The molecule has 0 heterocycles. The van der Waals surface area contributed by atoms with E-state index >= 15 is 0 Å². The summed E-state index contributed by atoms with van der Waals surface area (Å²) in [6.07, 6.45) is 0. The fourth-order valence-corrected chi connectivity index (χ4v) is 5.50. The first-order valence-electron chi connectivity index (χ1n) is 9.04. The maximum Gasteiger partial charge on any atom is 0.398 e. The topological polar surface area (TPSA) is 223 Å². The van der Waals surface area contributed by atoms with Crippen molar-refractivity contribution in [3.05, 3.63) is 48.5 Å². The fourth-order valence-electron chi connectivity index (χ4n) is 2.89. The monoisotopic (exact) mass is 531 g/mol. The summed E-state index contributed by atoms with van der Waals surface area (Å²) in [6.45, 7) is 0.906. The van der Waals surface area contributed by atoms with Crippen LogP contribution in [0.25, 0.3) is 10.8 Å². The molecule has 5 N–H and O–H groups in total. The van der Waals surface area contributed by atoms with Crippen molar-refractivity contribution in [1.82, 2.24) is 0 Å². The molecule has 0 fully saturated rings. The molecule has 0 radical (unpaired) electrons. The molecule has 182 valence electrons. The lowest BCUT2D eigenvalue weighted by atomic mass is 10.1. The number of sulfone groups is 1. The number of anilines is 1. The van der Waals surface area contributed by atoms with Gasteiger partial charge in [0.1, 0.15) is 10.6 Å². The van der Waals surface area contributed by atoms with E-state index in [9.17, 15) is 34.9 Å². The Kier molecular flexibility index (Phi) is 6.66. The van der Waals surface area contributed by atoms with Crippen molar-refractivity contribution in [2.75, 3.05) is 5.73 Å². The molecule has 34 heavy (non-hydrogen) atoms. The van der Waals surface area contributed by atoms with Crippen molar-refractivity contribution >= 4 is 58.2 Å². The summed E-state index contributed by atoms with van der Waals surface area (Å²) in [7, 11) is -14.2. The van der Waals surface area contributed by atoms with Crippen LogP contribution >= 0.6 is 0 Å². The molecule has 0 aromatic heterocycles. The molecule has 3 rings (SSSR count). The number of phenolic OH excluding ortho intramolecular Hbond substituents is 1. The lowest BCUT2D eigenvalue weighted by molar-refractivity contribution is 0.251. The van der Waals surface area contributed by atoms with E-state index in [2.05, 4.69) is 14.4 Å². The molecule has 0 aliphatic rings. The summed E-state index contributed by atoms with van der Waals surface area (Å²) in [5.41, 5.74) is 3.49. The van der Waals surface area contributed by atoms with Crippen molar-refractivity contribution in [3.8, 4) is 5.75 Å². The van der Waals surface area contributed by atoms with Gasteiger partial charge < -0.3 is 10.8 Å². The Labute approximate surface area is 194 Å². The normalized spacial score (nSPS) is 14.0. The maximum atomic E-state index is 12.4. The van der Waals surface area contributed by atoms with Gasteiger partial charge in [0.05, 0.1) is 10.6 Å². The third-order valence-corrected chi connectivity index (χ3v) is 7.90. The van der Waals surface area contributed by atoms with Gasteiger partial charge in [-0.3, -0.25) is 9.11 Å². The molecule has 0 saturated carbocycles. The SMILES string of the molecule is CC(OS(=O)(=O)O)S(=O)(=O)c1ccc(N=Nc2c(S(=O)(=O)O)cc3cc(N)ccc3c2O)cc1. The molecule has 16 heteroatoms. The minimum Gasteiger partial charge on any atom is -0.505 e. The average molecular weight is 532 g/mol. The van der Waals surface area contributed by atoms with Gasteiger partial charge in [-0.25, -0.2) is 12.6 Å². The van der Waals surface area contributed by atoms with Gasteiger partial charge in [0.2, 0.25) is 9.84 Å². The summed E-state index contributed by atoms with van der Waals surface area (Å²) in [4.78, 5) is -1.10. The Hall–Kier alpha value is -3.15. The van der Waals surface area contributed by atoms with Crippen LogP contribution in [0.2, 0.25) is 0 Å². The second kappa shape index (κ2) is 8.90. The summed E-state index contributed by atoms with van der Waals surface area (Å²) in [6, 6.07) is 9.72. The Morgan fingerprint density at radius 2 is 1.53 bits per heavy atom. The average Bonchev–Trinajstić information content (AvgIpc) is 2.71. The third-order valence-electron chi connectivity index (χ3n) is 4.48. The number of hydrogen-bond donors (Lipinski definition) is 4. The lowest BCUT2D eigenvalue weighted by Gasteiger charge is -2.11. The van der Waals surface area contributed by atoms with Gasteiger partial charge in [0.15, 0.2) is 11.2 Å². The van der Waals surface area contributed by atoms with Crippen molar-refractivity contribution in [2.45, 2.75) is 22.2 Å². The number of phenols is 1. The molecule has 0 aliphatic carbocycles. The van der Waals surface area contributed by atoms with Crippen molar-refractivity contribution in [2.24, 2.45) is 10.2 Å². The molecule has 1 atom stereocenters. The Bertz CT molecular complexity index is 1620. The standard InChI is InChI=1S/C18H17N3O10S3/c1-10(31-34(28,29)30)32(23,24)14-5-3-13(4-6-14)20-21-17-16(33(25,26)27)9-11-8-12(19)2-7-15(11)18(17)22/h2-10,22H,19H2,1H3,(H,25,26,27)(H,28,29,30). The highest BCUT2D eigenvalue weighted by atomic mass is 32.3. The second-order valence-corrected chi connectivity index (χ2v) is 11.5. The van der Waals surface area contributed by atoms with Crippen LogP contribution in [-0.2, 0) is 34.5 Å². The van der Waals surface area contributed by atoms with Gasteiger partial charge in [-0.05, 0) is 60.8 Å². The highest BCUT2D eigenvalue weighted by Crippen LogP contribution is 2.41. The van der Waals surface area contributed by atoms with Crippen LogP contribution in [-0.4, -0.2) is 44.9 Å². The lowest BCUT2D eigenvalue weighted by Crippen LogP contribution is -2.24. The Morgan fingerprint density at radius 1 is 0.912 bits per heavy atom. The van der Waals surface area contributed by atoms with Crippen molar-refractivity contribution in [1.29, 1.82) is 0 Å². The molecule has 0 saturated heterocycles. The quantitative estimate of drug-likeness (QED) is 0.197. The van der Waals surface area contributed by atoms with Crippen LogP contribution in [0.5, 0.6) is 5.75 Å². The number of hydrogen-bond acceptors (Lipinski definition) is 11. The molecule has 1 unspecified atom stereocenters. The van der Waals surface area contributed by atoms with Crippen LogP contribution in [0.15, 0.2) is 68.6 Å². The van der Waals surface area contributed by atoms with E-state index in [1.807, 2.05) is 0 Å². The Morgan fingerprint density at radius 3 is 2.09 bits per heavy atom. The smallest absolute Gasteiger partial charge is 0.398 e. The fraction of sp³-hybridized carbons (Fsp3) is 0.111. The summed E-state index contributed by atoms with van der Waals surface area (Å²) in [5.74, 6) is -0.593. The molecule has 0 aliphatic heterocycles. The highest BCUT2D eigenvalue weighted by molar-refractivity contribution is 7.92. The van der Waals surface area contributed by atoms with Crippen molar-refractivity contribution in [3.63, 3.8) is 0 Å². The van der Waals surface area contributed by atoms with Crippen LogP contribution in [0, 0.1) is 0 Å². The number of benzene rings is 3. The minimum atomic E-state index is -5.01. The molecule has 13 nitrogen and oxygen atoms in total. The van der Waals surface area contributed by atoms with E-state index in [0.717, 1.165) is 37.3 Å². The second-order valence-electron chi connectivity index (χ2n) is 6.86. The largest absolute Gasteiger partial charge is 0.505 e. The van der Waals surface area contributed by atoms with Crippen LogP contribution < -0.4 is 5.73 Å². The van der Waals surface area contributed by atoms with Crippen LogP contribution in [0.1, 0.15) is 6.92 Å². The van der Waals surface area contributed by atoms with E-state index in [1.54, 1.807) is 0 Å². The predicted octanol–water partition coefficient (Wildman–Crippen LogP) is 2.73.